The molecule has 5 heteroatoms. The quantitative estimate of drug-likeness (QED) is 0.832. The summed E-state index contributed by atoms with van der Waals surface area (Å²) in [5, 5.41) is 9.86. The zero-order valence-electron chi connectivity index (χ0n) is 11.0. The van der Waals surface area contributed by atoms with Gasteiger partial charge in [-0.25, -0.2) is 4.98 Å². The van der Waals surface area contributed by atoms with Crippen molar-refractivity contribution in [2.75, 3.05) is 6.54 Å². The minimum atomic E-state index is 0.437. The van der Waals surface area contributed by atoms with Gasteiger partial charge >= 0.3 is 0 Å². The second-order valence-corrected chi connectivity index (χ2v) is 5.47. The summed E-state index contributed by atoms with van der Waals surface area (Å²) in [6.45, 7) is 3.24. The summed E-state index contributed by atoms with van der Waals surface area (Å²) < 4.78 is 1.86. The second-order valence-electron chi connectivity index (χ2n) is 4.44. The fourth-order valence-electron chi connectivity index (χ4n) is 1.96. The van der Waals surface area contributed by atoms with Crippen molar-refractivity contribution in [2.45, 2.75) is 32.2 Å². The van der Waals surface area contributed by atoms with E-state index in [1.807, 2.05) is 23.1 Å². The number of nitrogens with zero attached hydrogens (tertiary/aromatic N) is 3. The van der Waals surface area contributed by atoms with Crippen LogP contribution < -0.4 is 5.32 Å². The maximum atomic E-state index is 4.31. The Morgan fingerprint density at radius 1 is 1.44 bits per heavy atom. The Labute approximate surface area is 112 Å². The maximum absolute atomic E-state index is 4.31. The number of aromatic nitrogens is 3. The normalized spacial score (nSPS) is 12.8. The molecule has 0 aliphatic carbocycles. The fourth-order valence-corrected chi connectivity index (χ4v) is 2.75. The van der Waals surface area contributed by atoms with Gasteiger partial charge in [0, 0.05) is 24.4 Å². The van der Waals surface area contributed by atoms with E-state index >= 15 is 0 Å². The molecule has 0 fully saturated rings. The first-order valence-electron chi connectivity index (χ1n) is 6.38. The van der Waals surface area contributed by atoms with Crippen LogP contribution in [-0.4, -0.2) is 27.4 Å². The summed E-state index contributed by atoms with van der Waals surface area (Å²) in [4.78, 5) is 5.73. The average Bonchev–Trinajstić information content (AvgIpc) is 2.99. The Morgan fingerprint density at radius 2 is 2.33 bits per heavy atom. The molecule has 4 nitrogen and oxygen atoms in total. The van der Waals surface area contributed by atoms with Gasteiger partial charge in [0.1, 0.15) is 12.2 Å². The number of rotatable bonds is 7. The summed E-state index contributed by atoms with van der Waals surface area (Å²) in [5.41, 5.74) is 0. The van der Waals surface area contributed by atoms with Crippen LogP contribution in [0.1, 0.15) is 24.0 Å². The molecule has 0 amide bonds. The van der Waals surface area contributed by atoms with Crippen molar-refractivity contribution in [3.63, 3.8) is 0 Å². The predicted octanol–water partition coefficient (Wildman–Crippen LogP) is 2.03. The topological polar surface area (TPSA) is 42.7 Å². The van der Waals surface area contributed by atoms with Gasteiger partial charge in [-0.1, -0.05) is 13.0 Å². The van der Waals surface area contributed by atoms with Gasteiger partial charge in [-0.3, -0.25) is 4.68 Å². The number of nitrogens with one attached hydrogen (secondary N) is 1. The summed E-state index contributed by atoms with van der Waals surface area (Å²) in [6.07, 6.45) is 4.76. The molecule has 2 aromatic heterocycles. The van der Waals surface area contributed by atoms with E-state index in [9.17, 15) is 0 Å². The largest absolute Gasteiger partial charge is 0.313 e. The predicted molar refractivity (Wildman–Crippen MR) is 74.8 cm³/mol. The van der Waals surface area contributed by atoms with Crippen LogP contribution in [0.4, 0.5) is 0 Å². The van der Waals surface area contributed by atoms with Crippen LogP contribution >= 0.6 is 11.3 Å². The molecule has 1 unspecified atom stereocenters. The molecule has 0 saturated carbocycles. The molecule has 0 aliphatic rings. The molecule has 98 valence electrons. The van der Waals surface area contributed by atoms with E-state index in [1.165, 1.54) is 4.88 Å². The highest BCUT2D eigenvalue weighted by molar-refractivity contribution is 7.09. The Kier molecular flexibility index (Phi) is 4.90. The molecule has 1 N–H and O–H groups in total. The van der Waals surface area contributed by atoms with Crippen LogP contribution in [0.5, 0.6) is 0 Å². The molecule has 0 radical (unpaired) electrons. The average molecular weight is 264 g/mol. The van der Waals surface area contributed by atoms with Crippen molar-refractivity contribution >= 4 is 11.3 Å². The molecule has 0 aromatic carbocycles. The van der Waals surface area contributed by atoms with Gasteiger partial charge in [0.25, 0.3) is 0 Å². The first-order valence-corrected chi connectivity index (χ1v) is 7.26. The molecule has 2 aromatic rings. The molecule has 18 heavy (non-hydrogen) atoms. The van der Waals surface area contributed by atoms with Crippen molar-refractivity contribution in [3.8, 4) is 0 Å². The molecule has 0 aliphatic heterocycles. The molecular formula is C13H20N4S. The minimum Gasteiger partial charge on any atom is -0.313 e. The summed E-state index contributed by atoms with van der Waals surface area (Å²) in [6, 6.07) is 4.74. The van der Waals surface area contributed by atoms with Crippen molar-refractivity contribution in [1.29, 1.82) is 0 Å². The smallest absolute Gasteiger partial charge is 0.138 e. The molecule has 1 atom stereocenters. The molecular weight excluding hydrogens is 244 g/mol. The summed E-state index contributed by atoms with van der Waals surface area (Å²) >= 11 is 1.82. The monoisotopic (exact) mass is 264 g/mol. The highest BCUT2D eigenvalue weighted by atomic mass is 32.1. The summed E-state index contributed by atoms with van der Waals surface area (Å²) in [7, 11) is 1.95. The Hall–Kier alpha value is -1.20. The lowest BCUT2D eigenvalue weighted by molar-refractivity contribution is 0.488. The van der Waals surface area contributed by atoms with Gasteiger partial charge in [0.05, 0.1) is 0 Å². The zero-order chi connectivity index (χ0) is 12.8. The van der Waals surface area contributed by atoms with Crippen molar-refractivity contribution in [2.24, 2.45) is 7.05 Å². The molecule has 0 saturated heterocycles. The molecule has 0 bridgehead atoms. The maximum Gasteiger partial charge on any atom is 0.138 e. The third-order valence-electron chi connectivity index (χ3n) is 2.94. The zero-order valence-corrected chi connectivity index (χ0v) is 11.8. The van der Waals surface area contributed by atoms with Crippen LogP contribution in [0, 0.1) is 0 Å². The van der Waals surface area contributed by atoms with E-state index in [2.05, 4.69) is 39.8 Å². The van der Waals surface area contributed by atoms with E-state index in [-0.39, 0.29) is 0 Å². The Balaban J connectivity index is 1.98. The first kappa shape index (κ1) is 13.2. The van der Waals surface area contributed by atoms with E-state index in [0.29, 0.717) is 6.04 Å². The third kappa shape index (κ3) is 3.65. The van der Waals surface area contributed by atoms with Crippen LogP contribution in [0.2, 0.25) is 0 Å². The first-order chi connectivity index (χ1) is 8.79. The van der Waals surface area contributed by atoms with Crippen molar-refractivity contribution in [3.05, 3.63) is 34.5 Å². The highest BCUT2D eigenvalue weighted by Gasteiger charge is 2.13. The van der Waals surface area contributed by atoms with Gasteiger partial charge in [-0.2, -0.15) is 5.10 Å². The summed E-state index contributed by atoms with van der Waals surface area (Å²) in [5.74, 6) is 1.04. The van der Waals surface area contributed by atoms with Gasteiger partial charge < -0.3 is 5.32 Å². The molecule has 2 heterocycles. The molecule has 0 spiro atoms. The van der Waals surface area contributed by atoms with E-state index in [1.54, 1.807) is 6.33 Å². The van der Waals surface area contributed by atoms with Gasteiger partial charge in [-0.15, -0.1) is 11.3 Å². The lowest BCUT2D eigenvalue weighted by Gasteiger charge is -2.17. The van der Waals surface area contributed by atoms with Gasteiger partial charge in [-0.05, 0) is 30.8 Å². The lowest BCUT2D eigenvalue weighted by Crippen LogP contribution is -2.34. The van der Waals surface area contributed by atoms with E-state index in [4.69, 9.17) is 0 Å². The second kappa shape index (κ2) is 6.66. The van der Waals surface area contributed by atoms with Crippen LogP contribution in [0.3, 0.4) is 0 Å². The SMILES string of the molecule is CCCNC(Cc1cccs1)Cc1ncnn1C. The number of thiophene rings is 1. The van der Waals surface area contributed by atoms with Crippen molar-refractivity contribution < 1.29 is 0 Å². The lowest BCUT2D eigenvalue weighted by atomic mass is 10.1. The molecule has 2 rings (SSSR count). The number of aryl methyl sites for hydroxylation is 1. The van der Waals surface area contributed by atoms with E-state index in [0.717, 1.165) is 31.6 Å². The van der Waals surface area contributed by atoms with Crippen molar-refractivity contribution in [1.82, 2.24) is 20.1 Å². The van der Waals surface area contributed by atoms with Gasteiger partial charge in [0.15, 0.2) is 0 Å². The van der Waals surface area contributed by atoms with Crippen LogP contribution in [0.25, 0.3) is 0 Å². The highest BCUT2D eigenvalue weighted by Crippen LogP contribution is 2.13. The Morgan fingerprint density at radius 3 is 2.94 bits per heavy atom. The van der Waals surface area contributed by atoms with E-state index < -0.39 is 0 Å². The number of hydrogen-bond acceptors (Lipinski definition) is 4. The minimum absolute atomic E-state index is 0.437. The third-order valence-corrected chi connectivity index (χ3v) is 3.84. The van der Waals surface area contributed by atoms with Crippen LogP contribution in [-0.2, 0) is 19.9 Å². The van der Waals surface area contributed by atoms with Crippen LogP contribution in [0.15, 0.2) is 23.8 Å². The van der Waals surface area contributed by atoms with Gasteiger partial charge in [0.2, 0.25) is 0 Å². The fraction of sp³-hybridized carbons (Fsp3) is 0.538. The Bertz CT molecular complexity index is 449. The standard InChI is InChI=1S/C13H20N4S/c1-3-6-14-11(8-12-5-4-7-18-12)9-13-15-10-16-17(13)2/h4-5,7,10-11,14H,3,6,8-9H2,1-2H3. The number of hydrogen-bond donors (Lipinski definition) is 1.